The monoisotopic (exact) mass is 201 g/mol. The second-order valence-electron chi connectivity index (χ2n) is 5.10. The fourth-order valence-corrected chi connectivity index (χ4v) is 0.794. The molecular formula is C11H23NO2. The Morgan fingerprint density at radius 1 is 1.29 bits per heavy atom. The summed E-state index contributed by atoms with van der Waals surface area (Å²) in [4.78, 5) is 11.3. The zero-order chi connectivity index (χ0) is 11.4. The van der Waals surface area contributed by atoms with E-state index in [1.54, 1.807) is 0 Å². The lowest BCUT2D eigenvalue weighted by Crippen LogP contribution is -2.35. The Balaban J connectivity index is 3.75. The second-order valence-corrected chi connectivity index (χ2v) is 5.10. The zero-order valence-electron chi connectivity index (χ0n) is 10.2. The maximum absolute atomic E-state index is 11.3. The van der Waals surface area contributed by atoms with Crippen LogP contribution < -0.4 is 5.32 Å². The molecule has 3 nitrogen and oxygen atoms in total. The van der Waals surface area contributed by atoms with Crippen LogP contribution in [0.4, 0.5) is 4.79 Å². The van der Waals surface area contributed by atoms with Gasteiger partial charge in [0.1, 0.15) is 5.60 Å². The quantitative estimate of drug-likeness (QED) is 0.762. The van der Waals surface area contributed by atoms with Gasteiger partial charge in [0.2, 0.25) is 0 Å². The van der Waals surface area contributed by atoms with Crippen LogP contribution in [0.15, 0.2) is 0 Å². The van der Waals surface area contributed by atoms with Gasteiger partial charge in [-0.1, -0.05) is 20.8 Å². The number of ether oxygens (including phenoxy) is 1. The minimum Gasteiger partial charge on any atom is -0.444 e. The molecule has 0 saturated carbocycles. The van der Waals surface area contributed by atoms with Crippen LogP contribution in [-0.2, 0) is 4.74 Å². The predicted molar refractivity (Wildman–Crippen MR) is 58.2 cm³/mol. The van der Waals surface area contributed by atoms with E-state index in [0.717, 1.165) is 0 Å². The summed E-state index contributed by atoms with van der Waals surface area (Å²) in [5, 5.41) is 2.76. The van der Waals surface area contributed by atoms with E-state index in [1.807, 2.05) is 20.8 Å². The number of nitrogens with one attached hydrogen (secondary N) is 1. The summed E-state index contributed by atoms with van der Waals surface area (Å²) in [5.74, 6) is 1.05. The minimum absolute atomic E-state index is 0.329. The lowest BCUT2D eigenvalue weighted by atomic mass is 9.98. The van der Waals surface area contributed by atoms with Crippen molar-refractivity contribution in [3.63, 3.8) is 0 Å². The van der Waals surface area contributed by atoms with Gasteiger partial charge in [-0.2, -0.15) is 0 Å². The SMILES string of the molecule is CC(C)C(C)CNC(=O)OC(C)(C)C. The summed E-state index contributed by atoms with van der Waals surface area (Å²) < 4.78 is 5.12. The fraction of sp³-hybridized carbons (Fsp3) is 0.909. The first-order chi connectivity index (χ1) is 6.22. The Morgan fingerprint density at radius 3 is 2.14 bits per heavy atom. The van der Waals surface area contributed by atoms with Crippen LogP contribution in [0.5, 0.6) is 0 Å². The van der Waals surface area contributed by atoms with E-state index in [9.17, 15) is 4.79 Å². The molecule has 0 fully saturated rings. The van der Waals surface area contributed by atoms with E-state index in [-0.39, 0.29) is 6.09 Å². The van der Waals surface area contributed by atoms with Crippen LogP contribution in [0.1, 0.15) is 41.5 Å². The predicted octanol–water partition coefficient (Wildman–Crippen LogP) is 2.80. The molecule has 3 heteroatoms. The maximum Gasteiger partial charge on any atom is 0.407 e. The molecule has 1 unspecified atom stereocenters. The van der Waals surface area contributed by atoms with Crippen molar-refractivity contribution < 1.29 is 9.53 Å². The lowest BCUT2D eigenvalue weighted by molar-refractivity contribution is 0.0517. The maximum atomic E-state index is 11.3. The molecule has 0 aliphatic heterocycles. The van der Waals surface area contributed by atoms with Crippen LogP contribution in [0.3, 0.4) is 0 Å². The molecule has 1 N–H and O–H groups in total. The Morgan fingerprint density at radius 2 is 1.79 bits per heavy atom. The van der Waals surface area contributed by atoms with Crippen LogP contribution in [0.25, 0.3) is 0 Å². The lowest BCUT2D eigenvalue weighted by Gasteiger charge is -2.21. The first kappa shape index (κ1) is 13.3. The van der Waals surface area contributed by atoms with Crippen LogP contribution >= 0.6 is 0 Å². The summed E-state index contributed by atoms with van der Waals surface area (Å²) in [6, 6.07) is 0. The summed E-state index contributed by atoms with van der Waals surface area (Å²) >= 11 is 0. The zero-order valence-corrected chi connectivity index (χ0v) is 10.2. The fourth-order valence-electron chi connectivity index (χ4n) is 0.794. The number of carbonyl (C=O) groups is 1. The smallest absolute Gasteiger partial charge is 0.407 e. The molecule has 0 aliphatic carbocycles. The highest BCUT2D eigenvalue weighted by molar-refractivity contribution is 5.67. The summed E-state index contributed by atoms with van der Waals surface area (Å²) in [7, 11) is 0. The van der Waals surface area contributed by atoms with Gasteiger partial charge in [0.15, 0.2) is 0 Å². The summed E-state index contributed by atoms with van der Waals surface area (Å²) in [6.07, 6.45) is -0.329. The topological polar surface area (TPSA) is 38.3 Å². The third-order valence-electron chi connectivity index (χ3n) is 2.11. The van der Waals surface area contributed by atoms with E-state index >= 15 is 0 Å². The van der Waals surface area contributed by atoms with E-state index in [4.69, 9.17) is 4.74 Å². The molecule has 0 aromatic rings. The summed E-state index contributed by atoms with van der Waals surface area (Å²) in [5.41, 5.74) is -0.412. The van der Waals surface area contributed by atoms with Crippen LogP contribution in [0.2, 0.25) is 0 Å². The molecule has 1 atom stereocenters. The van der Waals surface area contributed by atoms with Crippen molar-refractivity contribution in [2.45, 2.75) is 47.1 Å². The molecule has 1 amide bonds. The van der Waals surface area contributed by atoms with Crippen molar-refractivity contribution in [1.29, 1.82) is 0 Å². The van der Waals surface area contributed by atoms with Gasteiger partial charge in [0.05, 0.1) is 0 Å². The molecule has 0 aromatic carbocycles. The van der Waals surface area contributed by atoms with Gasteiger partial charge in [-0.3, -0.25) is 0 Å². The molecule has 84 valence electrons. The van der Waals surface area contributed by atoms with Crippen molar-refractivity contribution >= 4 is 6.09 Å². The molecule has 0 heterocycles. The summed E-state index contributed by atoms with van der Waals surface area (Å²) in [6.45, 7) is 12.6. The normalized spacial score (nSPS) is 13.9. The first-order valence-electron chi connectivity index (χ1n) is 5.19. The molecule has 0 saturated heterocycles. The number of alkyl carbamates (subject to hydrolysis) is 1. The number of hydrogen-bond donors (Lipinski definition) is 1. The van der Waals surface area contributed by atoms with Gasteiger partial charge >= 0.3 is 6.09 Å². The van der Waals surface area contributed by atoms with Crippen LogP contribution in [0, 0.1) is 11.8 Å². The Kier molecular flexibility index (Phi) is 4.95. The molecule has 0 aliphatic rings. The number of carbonyl (C=O) groups excluding carboxylic acids is 1. The van der Waals surface area contributed by atoms with Crippen molar-refractivity contribution in [3.8, 4) is 0 Å². The molecule has 0 rings (SSSR count). The van der Waals surface area contributed by atoms with E-state index in [2.05, 4.69) is 26.1 Å². The number of amides is 1. The standard InChI is InChI=1S/C11H23NO2/c1-8(2)9(3)7-12-10(13)14-11(4,5)6/h8-9H,7H2,1-6H3,(H,12,13). The number of hydrogen-bond acceptors (Lipinski definition) is 2. The molecule has 0 bridgehead atoms. The first-order valence-corrected chi connectivity index (χ1v) is 5.19. The van der Waals surface area contributed by atoms with E-state index in [0.29, 0.717) is 18.4 Å². The highest BCUT2D eigenvalue weighted by atomic mass is 16.6. The van der Waals surface area contributed by atoms with Gasteiger partial charge in [0.25, 0.3) is 0 Å². The van der Waals surface area contributed by atoms with Crippen molar-refractivity contribution in [2.75, 3.05) is 6.54 Å². The van der Waals surface area contributed by atoms with Gasteiger partial charge in [-0.25, -0.2) is 4.79 Å². The van der Waals surface area contributed by atoms with Gasteiger partial charge in [-0.05, 0) is 32.6 Å². The average Bonchev–Trinajstić information content (AvgIpc) is 1.96. The van der Waals surface area contributed by atoms with Gasteiger partial charge in [-0.15, -0.1) is 0 Å². The van der Waals surface area contributed by atoms with Gasteiger partial charge < -0.3 is 10.1 Å². The van der Waals surface area contributed by atoms with Crippen molar-refractivity contribution in [3.05, 3.63) is 0 Å². The van der Waals surface area contributed by atoms with Crippen LogP contribution in [-0.4, -0.2) is 18.2 Å². The highest BCUT2D eigenvalue weighted by Crippen LogP contribution is 2.09. The van der Waals surface area contributed by atoms with E-state index < -0.39 is 5.60 Å². The van der Waals surface area contributed by atoms with Gasteiger partial charge in [0, 0.05) is 6.54 Å². The van der Waals surface area contributed by atoms with Crippen molar-refractivity contribution in [2.24, 2.45) is 11.8 Å². The second kappa shape index (κ2) is 5.23. The highest BCUT2D eigenvalue weighted by Gasteiger charge is 2.16. The third-order valence-corrected chi connectivity index (χ3v) is 2.11. The van der Waals surface area contributed by atoms with E-state index in [1.165, 1.54) is 0 Å². The molecule has 14 heavy (non-hydrogen) atoms. The number of rotatable bonds is 3. The van der Waals surface area contributed by atoms with Crippen molar-refractivity contribution in [1.82, 2.24) is 5.32 Å². The molecule has 0 aromatic heterocycles. The largest absolute Gasteiger partial charge is 0.444 e. The molecular weight excluding hydrogens is 178 g/mol. The Bertz CT molecular complexity index is 182. The third kappa shape index (κ3) is 6.75. The minimum atomic E-state index is -0.412. The Hall–Kier alpha value is -0.730. The Labute approximate surface area is 87.2 Å². The molecule has 0 spiro atoms. The average molecular weight is 201 g/mol. The molecule has 0 radical (unpaired) electrons.